The monoisotopic (exact) mass is 214 g/mol. The van der Waals surface area contributed by atoms with E-state index in [-0.39, 0.29) is 18.4 Å². The van der Waals surface area contributed by atoms with E-state index in [0.29, 0.717) is 6.54 Å². The lowest BCUT2D eigenvalue weighted by atomic mass is 9.90. The zero-order valence-electron chi connectivity index (χ0n) is 9.68. The van der Waals surface area contributed by atoms with Crippen molar-refractivity contribution in [1.82, 2.24) is 10.6 Å². The van der Waals surface area contributed by atoms with Gasteiger partial charge < -0.3 is 15.7 Å². The molecule has 0 radical (unpaired) electrons. The van der Waals surface area contributed by atoms with E-state index in [2.05, 4.69) is 10.6 Å². The van der Waals surface area contributed by atoms with Gasteiger partial charge in [-0.1, -0.05) is 6.92 Å². The van der Waals surface area contributed by atoms with Crippen molar-refractivity contribution in [2.24, 2.45) is 5.92 Å². The Kier molecular flexibility index (Phi) is 4.54. The van der Waals surface area contributed by atoms with E-state index in [1.165, 1.54) is 0 Å². The number of amides is 1. The lowest BCUT2D eigenvalue weighted by molar-refractivity contribution is -0.128. The van der Waals surface area contributed by atoms with Crippen LogP contribution in [-0.2, 0) is 4.79 Å². The molecule has 2 unspecified atom stereocenters. The Morgan fingerprint density at radius 3 is 2.87 bits per heavy atom. The maximum absolute atomic E-state index is 11.9. The number of hydrogen-bond acceptors (Lipinski definition) is 3. The zero-order valence-corrected chi connectivity index (χ0v) is 9.68. The fourth-order valence-electron chi connectivity index (χ4n) is 1.78. The van der Waals surface area contributed by atoms with Crippen LogP contribution in [0, 0.1) is 5.92 Å². The third-order valence-electron chi connectivity index (χ3n) is 3.04. The van der Waals surface area contributed by atoms with Crippen LogP contribution >= 0.6 is 0 Å². The minimum absolute atomic E-state index is 0.0579. The maximum Gasteiger partial charge on any atom is 0.240 e. The van der Waals surface area contributed by atoms with Crippen LogP contribution in [0.4, 0.5) is 0 Å². The summed E-state index contributed by atoms with van der Waals surface area (Å²) < 4.78 is 0. The van der Waals surface area contributed by atoms with Crippen molar-refractivity contribution in [3.8, 4) is 0 Å². The van der Waals surface area contributed by atoms with Crippen molar-refractivity contribution in [1.29, 1.82) is 0 Å². The number of piperidine rings is 1. The molecule has 4 heteroatoms. The van der Waals surface area contributed by atoms with Crippen molar-refractivity contribution in [2.45, 2.75) is 38.6 Å². The van der Waals surface area contributed by atoms with Gasteiger partial charge in [0, 0.05) is 13.2 Å². The molecule has 0 saturated carbocycles. The summed E-state index contributed by atoms with van der Waals surface area (Å²) in [6.45, 7) is 5.44. The fourth-order valence-corrected chi connectivity index (χ4v) is 1.78. The third kappa shape index (κ3) is 3.47. The highest BCUT2D eigenvalue weighted by Gasteiger charge is 2.33. The molecular weight excluding hydrogens is 192 g/mol. The van der Waals surface area contributed by atoms with Crippen molar-refractivity contribution < 1.29 is 9.90 Å². The van der Waals surface area contributed by atoms with E-state index >= 15 is 0 Å². The van der Waals surface area contributed by atoms with Crippen molar-refractivity contribution in [2.75, 3.05) is 19.7 Å². The first-order valence-corrected chi connectivity index (χ1v) is 5.72. The van der Waals surface area contributed by atoms with Crippen LogP contribution in [0.1, 0.15) is 33.1 Å². The van der Waals surface area contributed by atoms with Crippen LogP contribution in [0.5, 0.6) is 0 Å². The Bertz CT molecular complexity index is 213. The second kappa shape index (κ2) is 5.47. The van der Waals surface area contributed by atoms with Gasteiger partial charge in [-0.05, 0) is 38.6 Å². The van der Waals surface area contributed by atoms with Gasteiger partial charge in [0.25, 0.3) is 0 Å². The normalized spacial score (nSPS) is 28.5. The number of carbonyl (C=O) groups excluding carboxylic acids is 1. The van der Waals surface area contributed by atoms with Crippen LogP contribution in [0.2, 0.25) is 0 Å². The average molecular weight is 214 g/mol. The van der Waals surface area contributed by atoms with Gasteiger partial charge in [-0.2, -0.15) is 0 Å². The second-order valence-corrected chi connectivity index (χ2v) is 4.71. The molecule has 0 aliphatic carbocycles. The molecule has 1 heterocycles. The highest BCUT2D eigenvalue weighted by molar-refractivity contribution is 5.85. The lowest BCUT2D eigenvalue weighted by Gasteiger charge is -2.33. The van der Waals surface area contributed by atoms with Gasteiger partial charge in [-0.3, -0.25) is 4.79 Å². The van der Waals surface area contributed by atoms with Crippen LogP contribution in [0.15, 0.2) is 0 Å². The summed E-state index contributed by atoms with van der Waals surface area (Å²) in [6.07, 6.45) is 3.15. The standard InChI is InChI=1S/C11H22N2O2/c1-9(8-14)7-12-10(15)11(2)5-3-4-6-13-11/h9,13-14H,3-8H2,1-2H3,(H,12,15). The first-order valence-electron chi connectivity index (χ1n) is 5.72. The van der Waals surface area contributed by atoms with Gasteiger partial charge in [0.2, 0.25) is 5.91 Å². The van der Waals surface area contributed by atoms with E-state index < -0.39 is 5.54 Å². The van der Waals surface area contributed by atoms with Crippen molar-refractivity contribution >= 4 is 5.91 Å². The van der Waals surface area contributed by atoms with E-state index in [0.717, 1.165) is 25.8 Å². The highest BCUT2D eigenvalue weighted by atomic mass is 16.3. The molecule has 0 bridgehead atoms. The molecule has 1 amide bonds. The second-order valence-electron chi connectivity index (χ2n) is 4.71. The summed E-state index contributed by atoms with van der Waals surface area (Å²) in [5.74, 6) is 0.184. The minimum Gasteiger partial charge on any atom is -0.396 e. The van der Waals surface area contributed by atoms with Crippen LogP contribution in [0.25, 0.3) is 0 Å². The quantitative estimate of drug-likeness (QED) is 0.629. The van der Waals surface area contributed by atoms with E-state index in [1.54, 1.807) is 0 Å². The Balaban J connectivity index is 2.37. The van der Waals surface area contributed by atoms with Gasteiger partial charge in [0.15, 0.2) is 0 Å². The predicted molar refractivity (Wildman–Crippen MR) is 59.5 cm³/mol. The van der Waals surface area contributed by atoms with E-state index in [1.807, 2.05) is 13.8 Å². The van der Waals surface area contributed by atoms with E-state index in [4.69, 9.17) is 5.11 Å². The van der Waals surface area contributed by atoms with Gasteiger partial charge in [-0.25, -0.2) is 0 Å². The summed E-state index contributed by atoms with van der Waals surface area (Å²) in [5, 5.41) is 15.0. The minimum atomic E-state index is -0.409. The Morgan fingerprint density at radius 1 is 1.60 bits per heavy atom. The smallest absolute Gasteiger partial charge is 0.240 e. The molecule has 1 saturated heterocycles. The molecule has 4 nitrogen and oxygen atoms in total. The zero-order chi connectivity index (χ0) is 11.3. The molecule has 1 rings (SSSR count). The van der Waals surface area contributed by atoms with Gasteiger partial charge in [-0.15, -0.1) is 0 Å². The summed E-state index contributed by atoms with van der Waals surface area (Å²) in [4.78, 5) is 11.9. The van der Waals surface area contributed by atoms with Crippen LogP contribution in [-0.4, -0.2) is 36.2 Å². The maximum atomic E-state index is 11.9. The first-order chi connectivity index (χ1) is 7.08. The topological polar surface area (TPSA) is 61.4 Å². The highest BCUT2D eigenvalue weighted by Crippen LogP contribution is 2.18. The Hall–Kier alpha value is -0.610. The summed E-state index contributed by atoms with van der Waals surface area (Å²) >= 11 is 0. The molecule has 1 fully saturated rings. The fraction of sp³-hybridized carbons (Fsp3) is 0.909. The molecule has 15 heavy (non-hydrogen) atoms. The van der Waals surface area contributed by atoms with E-state index in [9.17, 15) is 4.79 Å². The number of nitrogens with one attached hydrogen (secondary N) is 2. The predicted octanol–water partition coefficient (Wildman–Crippen LogP) is 0.263. The molecule has 88 valence electrons. The molecule has 1 aliphatic rings. The summed E-state index contributed by atoms with van der Waals surface area (Å²) in [7, 11) is 0. The summed E-state index contributed by atoms with van der Waals surface area (Å²) in [5.41, 5.74) is -0.409. The first kappa shape index (κ1) is 12.5. The largest absolute Gasteiger partial charge is 0.396 e. The van der Waals surface area contributed by atoms with Crippen molar-refractivity contribution in [3.63, 3.8) is 0 Å². The van der Waals surface area contributed by atoms with Gasteiger partial charge in [0.05, 0.1) is 5.54 Å². The average Bonchev–Trinajstić information content (AvgIpc) is 2.26. The SMILES string of the molecule is CC(CO)CNC(=O)C1(C)CCCCN1. The molecule has 0 aromatic carbocycles. The lowest BCUT2D eigenvalue weighted by Crippen LogP contribution is -2.57. The molecule has 0 aromatic heterocycles. The number of carbonyl (C=O) groups is 1. The molecule has 0 spiro atoms. The molecule has 0 aromatic rings. The number of aliphatic hydroxyl groups excluding tert-OH is 1. The Morgan fingerprint density at radius 2 is 2.33 bits per heavy atom. The molecule has 3 N–H and O–H groups in total. The molecular formula is C11H22N2O2. The summed E-state index contributed by atoms with van der Waals surface area (Å²) in [6, 6.07) is 0. The molecule has 2 atom stereocenters. The van der Waals surface area contributed by atoms with Gasteiger partial charge in [0.1, 0.15) is 0 Å². The van der Waals surface area contributed by atoms with Crippen LogP contribution in [0.3, 0.4) is 0 Å². The number of aliphatic hydroxyl groups is 1. The number of rotatable bonds is 4. The number of hydrogen-bond donors (Lipinski definition) is 3. The van der Waals surface area contributed by atoms with Crippen molar-refractivity contribution in [3.05, 3.63) is 0 Å². The van der Waals surface area contributed by atoms with Gasteiger partial charge >= 0.3 is 0 Å². The van der Waals surface area contributed by atoms with Crippen LogP contribution < -0.4 is 10.6 Å². The Labute approximate surface area is 91.4 Å². The molecule has 1 aliphatic heterocycles. The third-order valence-corrected chi connectivity index (χ3v) is 3.04.